The molecule has 158 valence electrons. The second-order valence-corrected chi connectivity index (χ2v) is 8.27. The molecule has 0 spiro atoms. The lowest BCUT2D eigenvalue weighted by atomic mass is 10.00. The van der Waals surface area contributed by atoms with Crippen molar-refractivity contribution in [1.82, 2.24) is 20.3 Å². The molecule has 0 atom stereocenters. The highest BCUT2D eigenvalue weighted by Crippen LogP contribution is 2.43. The van der Waals surface area contributed by atoms with Gasteiger partial charge in [-0.15, -0.1) is 0 Å². The average molecular weight is 415 g/mol. The van der Waals surface area contributed by atoms with E-state index in [0.717, 1.165) is 55.1 Å². The maximum Gasteiger partial charge on any atom is 0.392 e. The summed E-state index contributed by atoms with van der Waals surface area (Å²) in [5.74, 6) is 0.736. The number of likely N-dealkylation sites (tertiary alicyclic amines) is 1. The Morgan fingerprint density at radius 1 is 1.07 bits per heavy atom. The van der Waals surface area contributed by atoms with E-state index in [-0.39, 0.29) is 12.5 Å². The number of halogens is 3. The van der Waals surface area contributed by atoms with E-state index in [2.05, 4.69) is 49.6 Å². The van der Waals surface area contributed by atoms with Crippen molar-refractivity contribution in [3.63, 3.8) is 0 Å². The van der Waals surface area contributed by atoms with Crippen LogP contribution in [0.3, 0.4) is 0 Å². The molecule has 8 heteroatoms. The van der Waals surface area contributed by atoms with Crippen LogP contribution in [0, 0.1) is 0 Å². The fraction of sp³-hybridized carbons (Fsp3) is 0.455. The molecule has 1 fully saturated rings. The van der Waals surface area contributed by atoms with Gasteiger partial charge in [0.05, 0.1) is 12.1 Å². The van der Waals surface area contributed by atoms with Crippen molar-refractivity contribution in [3.05, 3.63) is 59.1 Å². The summed E-state index contributed by atoms with van der Waals surface area (Å²) in [6.07, 6.45) is -1.38. The van der Waals surface area contributed by atoms with Crippen LogP contribution in [0.25, 0.3) is 5.57 Å². The third-order valence-electron chi connectivity index (χ3n) is 6.25. The number of allylic oxidation sites excluding steroid dienone is 1. The number of rotatable bonds is 4. The lowest BCUT2D eigenvalue weighted by Gasteiger charge is -2.42. The molecule has 1 aromatic carbocycles. The molecule has 30 heavy (non-hydrogen) atoms. The Hall–Kier alpha value is -2.45. The van der Waals surface area contributed by atoms with Gasteiger partial charge in [-0.3, -0.25) is 9.91 Å². The van der Waals surface area contributed by atoms with Crippen LogP contribution in [0.5, 0.6) is 0 Å². The summed E-state index contributed by atoms with van der Waals surface area (Å²) in [4.78, 5) is 11.2. The molecule has 1 aliphatic carbocycles. The van der Waals surface area contributed by atoms with E-state index in [1.807, 2.05) is 6.07 Å². The fourth-order valence-corrected chi connectivity index (χ4v) is 4.87. The van der Waals surface area contributed by atoms with Crippen molar-refractivity contribution in [2.24, 2.45) is 0 Å². The van der Waals surface area contributed by atoms with Gasteiger partial charge in [0.2, 0.25) is 0 Å². The van der Waals surface area contributed by atoms with Crippen molar-refractivity contribution >= 4 is 11.4 Å². The van der Waals surface area contributed by atoms with E-state index in [1.54, 1.807) is 0 Å². The zero-order chi connectivity index (χ0) is 20.7. The summed E-state index contributed by atoms with van der Waals surface area (Å²) in [7, 11) is 0. The lowest BCUT2D eigenvalue weighted by molar-refractivity contribution is -0.127. The number of hydrogen-bond donors (Lipinski definition) is 1. The van der Waals surface area contributed by atoms with Crippen LogP contribution in [0.2, 0.25) is 0 Å². The monoisotopic (exact) mass is 415 g/mol. The van der Waals surface area contributed by atoms with Crippen LogP contribution in [0.4, 0.5) is 19.0 Å². The molecule has 5 nitrogen and oxygen atoms in total. The first-order chi connectivity index (χ1) is 14.5. The Kier molecular flexibility index (Phi) is 4.99. The van der Waals surface area contributed by atoms with Gasteiger partial charge >= 0.3 is 6.18 Å². The van der Waals surface area contributed by atoms with Crippen LogP contribution < -0.4 is 10.4 Å². The molecule has 5 rings (SSSR count). The molecule has 3 heterocycles. The number of alkyl halides is 3. The number of benzene rings is 1. The summed E-state index contributed by atoms with van der Waals surface area (Å²) >= 11 is 0. The van der Waals surface area contributed by atoms with Gasteiger partial charge in [-0.25, -0.2) is 15.4 Å². The van der Waals surface area contributed by atoms with Gasteiger partial charge in [0.25, 0.3) is 0 Å². The van der Waals surface area contributed by atoms with Gasteiger partial charge in [0, 0.05) is 44.2 Å². The molecular weight excluding hydrogens is 391 g/mol. The fourth-order valence-electron chi connectivity index (χ4n) is 4.87. The van der Waals surface area contributed by atoms with E-state index >= 15 is 0 Å². The molecule has 0 unspecified atom stereocenters. The highest BCUT2D eigenvalue weighted by atomic mass is 19.4. The van der Waals surface area contributed by atoms with Gasteiger partial charge in [0.15, 0.2) is 5.82 Å². The molecule has 1 aromatic heterocycles. The Labute approximate surface area is 173 Å². The van der Waals surface area contributed by atoms with Gasteiger partial charge in [-0.05, 0) is 29.6 Å². The summed E-state index contributed by atoms with van der Waals surface area (Å²) < 4.78 is 39.0. The minimum Gasteiger partial charge on any atom is -0.299 e. The minimum absolute atomic E-state index is 0.268. The van der Waals surface area contributed by atoms with E-state index in [9.17, 15) is 13.2 Å². The SMILES string of the molecule is FC(F)(F)CC1=C2CNN(C3CCN(Cc4ccccc4)CC3)c3ncnc(c32)C1. The predicted molar refractivity (Wildman–Crippen MR) is 109 cm³/mol. The number of hydrogen-bond acceptors (Lipinski definition) is 5. The number of nitrogens with one attached hydrogen (secondary N) is 1. The van der Waals surface area contributed by atoms with Gasteiger partial charge in [-0.1, -0.05) is 30.3 Å². The Morgan fingerprint density at radius 3 is 2.57 bits per heavy atom. The third kappa shape index (κ3) is 3.81. The molecule has 0 radical (unpaired) electrons. The Balaban J connectivity index is 1.31. The van der Waals surface area contributed by atoms with Crippen molar-refractivity contribution < 1.29 is 13.2 Å². The Morgan fingerprint density at radius 2 is 1.83 bits per heavy atom. The topological polar surface area (TPSA) is 44.3 Å². The smallest absolute Gasteiger partial charge is 0.299 e. The first kappa shape index (κ1) is 19.5. The standard InChI is InChI=1S/C22H24F3N5/c23-22(24,25)11-16-10-19-20-18(16)12-28-30(21(20)27-14-26-19)17-6-8-29(9-7-17)13-15-4-2-1-3-5-15/h1-5,14,17,28H,6-13H2. The Bertz CT molecular complexity index is 949. The second-order valence-electron chi connectivity index (χ2n) is 8.27. The number of anilines is 1. The zero-order valence-electron chi connectivity index (χ0n) is 16.6. The normalized spacial score (nSPS) is 20.0. The number of piperidine rings is 1. The number of hydrazine groups is 1. The van der Waals surface area contributed by atoms with E-state index in [0.29, 0.717) is 12.1 Å². The third-order valence-corrected chi connectivity index (χ3v) is 6.25. The molecule has 1 saturated heterocycles. The van der Waals surface area contributed by atoms with E-state index in [4.69, 9.17) is 0 Å². The maximum atomic E-state index is 13.0. The van der Waals surface area contributed by atoms with E-state index < -0.39 is 12.6 Å². The minimum atomic E-state index is -4.21. The van der Waals surface area contributed by atoms with Crippen LogP contribution in [0.15, 0.2) is 42.2 Å². The van der Waals surface area contributed by atoms with Crippen LogP contribution in [0.1, 0.15) is 36.1 Å². The van der Waals surface area contributed by atoms with Crippen molar-refractivity contribution in [2.45, 2.75) is 44.4 Å². The molecule has 2 aliphatic heterocycles. The average Bonchev–Trinajstić information content (AvgIpc) is 3.07. The zero-order valence-corrected chi connectivity index (χ0v) is 16.6. The van der Waals surface area contributed by atoms with Crippen molar-refractivity contribution in [3.8, 4) is 0 Å². The second kappa shape index (κ2) is 7.67. The molecule has 1 N–H and O–H groups in total. The number of nitrogens with zero attached hydrogens (tertiary/aromatic N) is 4. The highest BCUT2D eigenvalue weighted by Gasteiger charge is 2.39. The molecule has 0 saturated carbocycles. The van der Waals surface area contributed by atoms with E-state index in [1.165, 1.54) is 11.9 Å². The summed E-state index contributed by atoms with van der Waals surface area (Å²) in [5.41, 5.74) is 7.37. The summed E-state index contributed by atoms with van der Waals surface area (Å²) in [6.45, 7) is 3.31. The summed E-state index contributed by atoms with van der Waals surface area (Å²) in [6, 6.07) is 10.7. The quantitative estimate of drug-likeness (QED) is 0.825. The van der Waals surface area contributed by atoms with Crippen LogP contribution in [-0.4, -0.2) is 46.7 Å². The highest BCUT2D eigenvalue weighted by molar-refractivity contribution is 5.85. The molecule has 2 aromatic rings. The summed E-state index contributed by atoms with van der Waals surface area (Å²) in [5, 5.41) is 2.08. The van der Waals surface area contributed by atoms with Crippen LogP contribution in [-0.2, 0) is 13.0 Å². The van der Waals surface area contributed by atoms with Crippen molar-refractivity contribution in [1.29, 1.82) is 0 Å². The lowest BCUT2D eigenvalue weighted by Crippen LogP contribution is -2.53. The van der Waals surface area contributed by atoms with Gasteiger partial charge in [-0.2, -0.15) is 13.2 Å². The first-order valence-corrected chi connectivity index (χ1v) is 10.4. The van der Waals surface area contributed by atoms with Gasteiger partial charge < -0.3 is 0 Å². The molecular formula is C22H24F3N5. The van der Waals surface area contributed by atoms with Gasteiger partial charge in [0.1, 0.15) is 6.33 Å². The number of aromatic nitrogens is 2. The predicted octanol–water partition coefficient (Wildman–Crippen LogP) is 3.73. The maximum absolute atomic E-state index is 13.0. The largest absolute Gasteiger partial charge is 0.392 e. The molecule has 3 aliphatic rings. The van der Waals surface area contributed by atoms with Crippen LogP contribution >= 0.6 is 0 Å². The molecule has 0 bridgehead atoms. The molecule has 0 amide bonds. The first-order valence-electron chi connectivity index (χ1n) is 10.4. The van der Waals surface area contributed by atoms with Crippen molar-refractivity contribution in [2.75, 3.05) is 24.6 Å².